The van der Waals surface area contributed by atoms with Gasteiger partial charge in [-0.2, -0.15) is 0 Å². The Hall–Kier alpha value is -6.42. The molecule has 220 valence electrons. The average Bonchev–Trinajstić information content (AvgIpc) is 3.06. The normalized spacial score (nSPS) is 10.8. The predicted molar refractivity (Wildman–Crippen MR) is 167 cm³/mol. The lowest BCUT2D eigenvalue weighted by atomic mass is 9.93. The molecule has 0 N–H and O–H groups in total. The van der Waals surface area contributed by atoms with Gasteiger partial charge in [-0.3, -0.25) is 20.2 Å². The number of non-ortho nitro benzene ring substituents is 2. The highest BCUT2D eigenvalue weighted by Gasteiger charge is 2.21. The molecule has 0 aliphatic rings. The van der Waals surface area contributed by atoms with Crippen LogP contribution in [0.3, 0.4) is 0 Å². The minimum Gasteiger partial charge on any atom is -0.423 e. The number of hydrogen-bond donors (Lipinski definition) is 0. The number of rotatable bonds is 8. The molecule has 0 unspecified atom stereocenters. The number of esters is 2. The number of fused-ring (bicyclic) bond motifs is 2. The van der Waals surface area contributed by atoms with E-state index in [-0.39, 0.29) is 40.4 Å². The molecule has 0 amide bonds. The lowest BCUT2D eigenvalue weighted by Gasteiger charge is -2.17. The zero-order chi connectivity index (χ0) is 31.5. The first-order valence-corrected chi connectivity index (χ1v) is 13.7. The van der Waals surface area contributed by atoms with Crippen molar-refractivity contribution in [3.63, 3.8) is 0 Å². The highest BCUT2D eigenvalue weighted by molar-refractivity contribution is 5.96. The lowest BCUT2D eigenvalue weighted by molar-refractivity contribution is -0.385. The van der Waals surface area contributed by atoms with Crippen molar-refractivity contribution in [1.29, 1.82) is 0 Å². The zero-order valence-electron chi connectivity index (χ0n) is 23.4. The van der Waals surface area contributed by atoms with E-state index in [0.717, 1.165) is 33.7 Å². The molecule has 10 heteroatoms. The number of hydrogen-bond acceptors (Lipinski definition) is 8. The molecule has 0 atom stereocenters. The van der Waals surface area contributed by atoms with Gasteiger partial charge in [0.25, 0.3) is 11.4 Å². The molecule has 6 aromatic carbocycles. The van der Waals surface area contributed by atoms with Gasteiger partial charge in [0.1, 0.15) is 11.5 Å². The number of carbonyl (C=O) groups is 2. The fourth-order valence-corrected chi connectivity index (χ4v) is 5.18. The first-order chi connectivity index (χ1) is 21.8. The van der Waals surface area contributed by atoms with E-state index < -0.39 is 21.8 Å². The van der Waals surface area contributed by atoms with E-state index in [1.165, 1.54) is 36.4 Å². The molecule has 0 aliphatic carbocycles. The molecule has 0 saturated carbocycles. The molecule has 45 heavy (non-hydrogen) atoms. The summed E-state index contributed by atoms with van der Waals surface area (Å²) in [5.41, 5.74) is 0.787. The fraction of sp³-hybridized carbons (Fsp3) is 0.0286. The molecule has 0 fully saturated rings. The third-order valence-corrected chi connectivity index (χ3v) is 7.34. The molecule has 0 bridgehead atoms. The Morgan fingerprint density at radius 1 is 0.533 bits per heavy atom. The second-order valence-corrected chi connectivity index (χ2v) is 10.1. The van der Waals surface area contributed by atoms with E-state index in [2.05, 4.69) is 0 Å². The number of nitrogens with zero attached hydrogens (tertiary/aromatic N) is 2. The van der Waals surface area contributed by atoms with Crippen LogP contribution in [0.4, 0.5) is 11.4 Å². The lowest BCUT2D eigenvalue weighted by Crippen LogP contribution is -2.12. The summed E-state index contributed by atoms with van der Waals surface area (Å²) in [4.78, 5) is 47.8. The number of carbonyl (C=O) groups excluding carboxylic acids is 2. The van der Waals surface area contributed by atoms with Gasteiger partial charge < -0.3 is 9.47 Å². The summed E-state index contributed by atoms with van der Waals surface area (Å²) in [7, 11) is 0. The molecule has 0 heterocycles. The van der Waals surface area contributed by atoms with E-state index in [1.807, 2.05) is 48.5 Å². The summed E-state index contributed by atoms with van der Waals surface area (Å²) in [6.07, 6.45) is 0.164. The van der Waals surface area contributed by atoms with Crippen molar-refractivity contribution in [2.75, 3.05) is 0 Å². The molecule has 0 aromatic heterocycles. The van der Waals surface area contributed by atoms with Crippen LogP contribution in [-0.4, -0.2) is 21.8 Å². The van der Waals surface area contributed by atoms with Crippen LogP contribution in [0, 0.1) is 20.2 Å². The Labute approximate surface area is 255 Å². The van der Waals surface area contributed by atoms with Gasteiger partial charge in [-0.1, -0.05) is 72.8 Å². The van der Waals surface area contributed by atoms with Gasteiger partial charge in [-0.25, -0.2) is 9.59 Å². The van der Waals surface area contributed by atoms with Crippen LogP contribution in [0.5, 0.6) is 11.5 Å². The second-order valence-electron chi connectivity index (χ2n) is 10.1. The summed E-state index contributed by atoms with van der Waals surface area (Å²) in [6.45, 7) is 0. The van der Waals surface area contributed by atoms with Crippen LogP contribution in [-0.2, 0) is 6.42 Å². The third-order valence-electron chi connectivity index (χ3n) is 7.34. The van der Waals surface area contributed by atoms with Crippen molar-refractivity contribution < 1.29 is 28.9 Å². The first kappa shape index (κ1) is 28.7. The van der Waals surface area contributed by atoms with E-state index in [4.69, 9.17) is 9.47 Å². The summed E-state index contributed by atoms with van der Waals surface area (Å²) < 4.78 is 11.7. The second kappa shape index (κ2) is 12.1. The van der Waals surface area contributed by atoms with Crippen LogP contribution in [0.15, 0.2) is 121 Å². The average molecular weight is 599 g/mol. The van der Waals surface area contributed by atoms with E-state index in [9.17, 15) is 29.8 Å². The maximum atomic E-state index is 13.2. The summed E-state index contributed by atoms with van der Waals surface area (Å²) in [5.74, 6) is -1.08. The maximum Gasteiger partial charge on any atom is 0.343 e. The summed E-state index contributed by atoms with van der Waals surface area (Å²) in [5, 5.41) is 25.9. The van der Waals surface area contributed by atoms with Crippen molar-refractivity contribution in [3.05, 3.63) is 164 Å². The number of nitro groups is 2. The first-order valence-electron chi connectivity index (χ1n) is 13.7. The van der Waals surface area contributed by atoms with Crippen molar-refractivity contribution in [1.82, 2.24) is 0 Å². The SMILES string of the molecule is O=C(Oc1ccc2ccccc2c1Cc1c(OC(=O)c2cccc([N+](=O)[O-])c2)ccc2ccccc12)c1cccc([N+](=O)[O-])c1. The van der Waals surface area contributed by atoms with E-state index >= 15 is 0 Å². The Kier molecular flexibility index (Phi) is 7.69. The van der Waals surface area contributed by atoms with Crippen molar-refractivity contribution in [3.8, 4) is 11.5 Å². The van der Waals surface area contributed by atoms with Crippen LogP contribution >= 0.6 is 0 Å². The van der Waals surface area contributed by atoms with Crippen LogP contribution < -0.4 is 9.47 Å². The molecule has 0 saturated heterocycles. The standard InChI is InChI=1S/C35H22N2O8/c38-34(24-9-5-11-26(19-24)36(40)41)44-32-17-15-22-7-1-3-13-28(22)30(32)21-31-29-14-4-2-8-23(29)16-18-33(31)45-35(39)25-10-6-12-27(20-25)37(42)43/h1-20H,21H2. The molecule has 0 radical (unpaired) electrons. The van der Waals surface area contributed by atoms with Gasteiger partial charge in [0.2, 0.25) is 0 Å². The number of nitro benzene ring substituents is 2. The van der Waals surface area contributed by atoms with Gasteiger partial charge in [0.05, 0.1) is 21.0 Å². The van der Waals surface area contributed by atoms with Gasteiger partial charge >= 0.3 is 11.9 Å². The Bertz CT molecular complexity index is 2010. The highest BCUT2D eigenvalue weighted by Crippen LogP contribution is 2.37. The fourth-order valence-electron chi connectivity index (χ4n) is 5.18. The number of ether oxygens (including phenoxy) is 2. The Morgan fingerprint density at radius 3 is 1.38 bits per heavy atom. The summed E-state index contributed by atoms with van der Waals surface area (Å²) >= 11 is 0. The van der Waals surface area contributed by atoms with Crippen molar-refractivity contribution in [2.24, 2.45) is 0 Å². The monoisotopic (exact) mass is 598 g/mol. The molecule has 6 aromatic rings. The summed E-state index contributed by atoms with van der Waals surface area (Å²) in [6, 6.07) is 32.6. The van der Waals surface area contributed by atoms with Crippen LogP contribution in [0.1, 0.15) is 31.8 Å². The van der Waals surface area contributed by atoms with Crippen molar-refractivity contribution >= 4 is 44.9 Å². The van der Waals surface area contributed by atoms with E-state index in [1.54, 1.807) is 24.3 Å². The van der Waals surface area contributed by atoms with Crippen LogP contribution in [0.25, 0.3) is 21.5 Å². The Balaban J connectivity index is 1.44. The molecule has 0 spiro atoms. The van der Waals surface area contributed by atoms with Crippen LogP contribution in [0.2, 0.25) is 0 Å². The van der Waals surface area contributed by atoms with Gasteiger partial charge in [0, 0.05) is 41.8 Å². The quantitative estimate of drug-likeness (QED) is 0.0747. The van der Waals surface area contributed by atoms with Gasteiger partial charge in [0.15, 0.2) is 0 Å². The molecule has 0 aliphatic heterocycles. The maximum absolute atomic E-state index is 13.2. The largest absolute Gasteiger partial charge is 0.423 e. The Morgan fingerprint density at radius 2 is 0.956 bits per heavy atom. The predicted octanol–water partition coefficient (Wildman–Crippen LogP) is 7.84. The zero-order valence-corrected chi connectivity index (χ0v) is 23.4. The topological polar surface area (TPSA) is 139 Å². The van der Waals surface area contributed by atoms with E-state index in [0.29, 0.717) is 11.1 Å². The minimum absolute atomic E-state index is 0.0139. The molecule has 6 rings (SSSR count). The minimum atomic E-state index is -0.773. The van der Waals surface area contributed by atoms with Gasteiger partial charge in [-0.15, -0.1) is 0 Å². The third kappa shape index (κ3) is 5.93. The molecule has 10 nitrogen and oxygen atoms in total. The molecular weight excluding hydrogens is 576 g/mol. The highest BCUT2D eigenvalue weighted by atomic mass is 16.6. The number of benzene rings is 6. The van der Waals surface area contributed by atoms with Crippen molar-refractivity contribution in [2.45, 2.75) is 6.42 Å². The molecular formula is C35H22N2O8. The smallest absolute Gasteiger partial charge is 0.343 e. The van der Waals surface area contributed by atoms with Gasteiger partial charge in [-0.05, 0) is 45.8 Å².